The van der Waals surface area contributed by atoms with E-state index in [9.17, 15) is 4.79 Å². The standard InChI is InChI=1S/C15H19NO5/c1-15(2)20-12-5-3-4-11(13(12)14(17)21-15)19-9-10-8-18-7-6-16-10/h3-5,10,16H,6-9H2,1-2H3. The summed E-state index contributed by atoms with van der Waals surface area (Å²) in [5.41, 5.74) is 0.341. The van der Waals surface area contributed by atoms with Gasteiger partial charge in [0.15, 0.2) is 0 Å². The summed E-state index contributed by atoms with van der Waals surface area (Å²) in [5.74, 6) is -0.423. The fourth-order valence-corrected chi connectivity index (χ4v) is 2.39. The molecule has 114 valence electrons. The highest BCUT2D eigenvalue weighted by Gasteiger charge is 2.36. The minimum absolute atomic E-state index is 0.117. The summed E-state index contributed by atoms with van der Waals surface area (Å²) in [4.78, 5) is 12.2. The molecule has 0 saturated carbocycles. The lowest BCUT2D eigenvalue weighted by Crippen LogP contribution is -2.45. The van der Waals surface area contributed by atoms with E-state index in [1.165, 1.54) is 0 Å². The lowest BCUT2D eigenvalue weighted by molar-refractivity contribution is -0.127. The summed E-state index contributed by atoms with van der Waals surface area (Å²) in [6, 6.07) is 5.40. The Balaban J connectivity index is 1.76. The van der Waals surface area contributed by atoms with Gasteiger partial charge in [0, 0.05) is 20.4 Å². The second-order valence-corrected chi connectivity index (χ2v) is 5.56. The Bertz CT molecular complexity index is 537. The summed E-state index contributed by atoms with van der Waals surface area (Å²) in [5, 5.41) is 3.30. The maximum Gasteiger partial charge on any atom is 0.349 e. The van der Waals surface area contributed by atoms with Crippen molar-refractivity contribution in [3.63, 3.8) is 0 Å². The fraction of sp³-hybridized carbons (Fsp3) is 0.533. The topological polar surface area (TPSA) is 66.0 Å². The van der Waals surface area contributed by atoms with Crippen LogP contribution in [0.15, 0.2) is 18.2 Å². The molecule has 0 bridgehead atoms. The third kappa shape index (κ3) is 3.11. The van der Waals surface area contributed by atoms with Gasteiger partial charge in [-0.3, -0.25) is 0 Å². The average Bonchev–Trinajstić information content (AvgIpc) is 2.44. The number of fused-ring (bicyclic) bond motifs is 1. The Morgan fingerprint density at radius 3 is 3.00 bits per heavy atom. The largest absolute Gasteiger partial charge is 0.491 e. The summed E-state index contributed by atoms with van der Waals surface area (Å²) >= 11 is 0. The first-order chi connectivity index (χ1) is 10.1. The molecule has 21 heavy (non-hydrogen) atoms. The molecule has 1 N–H and O–H groups in total. The van der Waals surface area contributed by atoms with Crippen LogP contribution in [0.4, 0.5) is 0 Å². The van der Waals surface area contributed by atoms with Crippen molar-refractivity contribution in [2.75, 3.05) is 26.4 Å². The van der Waals surface area contributed by atoms with Gasteiger partial charge in [-0.15, -0.1) is 0 Å². The Labute approximate surface area is 123 Å². The van der Waals surface area contributed by atoms with Crippen LogP contribution in [0.25, 0.3) is 0 Å². The van der Waals surface area contributed by atoms with Crippen LogP contribution in [0.3, 0.4) is 0 Å². The molecule has 0 spiro atoms. The first-order valence-electron chi connectivity index (χ1n) is 7.04. The molecule has 0 amide bonds. The molecule has 1 fully saturated rings. The maximum atomic E-state index is 12.2. The zero-order valence-corrected chi connectivity index (χ0v) is 12.2. The number of hydrogen-bond donors (Lipinski definition) is 1. The second-order valence-electron chi connectivity index (χ2n) is 5.56. The molecular weight excluding hydrogens is 274 g/mol. The van der Waals surface area contributed by atoms with Crippen molar-refractivity contribution in [1.82, 2.24) is 5.32 Å². The summed E-state index contributed by atoms with van der Waals surface area (Å²) in [6.07, 6.45) is 0. The van der Waals surface area contributed by atoms with Gasteiger partial charge in [0.2, 0.25) is 5.79 Å². The van der Waals surface area contributed by atoms with Gasteiger partial charge in [-0.25, -0.2) is 4.79 Å². The normalized spacial score (nSPS) is 23.7. The molecule has 0 aliphatic carbocycles. The van der Waals surface area contributed by atoms with Crippen LogP contribution in [0, 0.1) is 0 Å². The van der Waals surface area contributed by atoms with E-state index in [0.29, 0.717) is 36.9 Å². The lowest BCUT2D eigenvalue weighted by atomic mass is 10.1. The van der Waals surface area contributed by atoms with Crippen LogP contribution in [0.5, 0.6) is 11.5 Å². The van der Waals surface area contributed by atoms with Crippen molar-refractivity contribution >= 4 is 5.97 Å². The summed E-state index contributed by atoms with van der Waals surface area (Å²) in [6.45, 7) is 5.94. The van der Waals surface area contributed by atoms with Gasteiger partial charge in [0.05, 0.1) is 19.3 Å². The number of rotatable bonds is 3. The van der Waals surface area contributed by atoms with E-state index in [0.717, 1.165) is 6.54 Å². The number of esters is 1. The number of carbonyl (C=O) groups excluding carboxylic acids is 1. The molecule has 0 aromatic heterocycles. The van der Waals surface area contributed by atoms with Crippen LogP contribution in [-0.2, 0) is 9.47 Å². The van der Waals surface area contributed by atoms with E-state index in [1.54, 1.807) is 32.0 Å². The highest BCUT2D eigenvalue weighted by atomic mass is 16.7. The molecule has 2 heterocycles. The van der Waals surface area contributed by atoms with Crippen LogP contribution in [0.1, 0.15) is 24.2 Å². The molecule has 3 rings (SSSR count). The minimum Gasteiger partial charge on any atom is -0.491 e. The van der Waals surface area contributed by atoms with Crippen LogP contribution >= 0.6 is 0 Å². The van der Waals surface area contributed by atoms with E-state index in [-0.39, 0.29) is 6.04 Å². The average molecular weight is 293 g/mol. The zero-order chi connectivity index (χ0) is 14.9. The van der Waals surface area contributed by atoms with Gasteiger partial charge in [0.25, 0.3) is 0 Å². The molecule has 1 aromatic carbocycles. The number of cyclic esters (lactones) is 1. The van der Waals surface area contributed by atoms with Crippen molar-refractivity contribution in [3.8, 4) is 11.5 Å². The van der Waals surface area contributed by atoms with Gasteiger partial charge >= 0.3 is 5.97 Å². The Hall–Kier alpha value is -1.79. The highest BCUT2D eigenvalue weighted by molar-refractivity contribution is 5.96. The molecule has 1 unspecified atom stereocenters. The maximum absolute atomic E-state index is 12.2. The van der Waals surface area contributed by atoms with Gasteiger partial charge in [-0.1, -0.05) is 6.07 Å². The van der Waals surface area contributed by atoms with Crippen molar-refractivity contribution in [2.24, 2.45) is 0 Å². The number of morpholine rings is 1. The predicted molar refractivity (Wildman–Crippen MR) is 74.7 cm³/mol. The molecule has 2 aliphatic rings. The van der Waals surface area contributed by atoms with Crippen LogP contribution < -0.4 is 14.8 Å². The Morgan fingerprint density at radius 2 is 2.24 bits per heavy atom. The molecule has 2 aliphatic heterocycles. The molecule has 1 saturated heterocycles. The number of benzene rings is 1. The number of ether oxygens (including phenoxy) is 4. The van der Waals surface area contributed by atoms with E-state index in [2.05, 4.69) is 5.32 Å². The first-order valence-corrected chi connectivity index (χ1v) is 7.04. The van der Waals surface area contributed by atoms with Gasteiger partial charge in [-0.2, -0.15) is 0 Å². The molecule has 1 aromatic rings. The van der Waals surface area contributed by atoms with Gasteiger partial charge < -0.3 is 24.3 Å². The second kappa shape index (κ2) is 5.54. The lowest BCUT2D eigenvalue weighted by Gasteiger charge is -2.32. The molecule has 0 radical (unpaired) electrons. The number of nitrogens with one attached hydrogen (secondary N) is 1. The van der Waals surface area contributed by atoms with Crippen LogP contribution in [-0.4, -0.2) is 44.2 Å². The summed E-state index contributed by atoms with van der Waals surface area (Å²) < 4.78 is 22.0. The third-order valence-electron chi connectivity index (χ3n) is 3.32. The van der Waals surface area contributed by atoms with Crippen molar-refractivity contribution in [3.05, 3.63) is 23.8 Å². The smallest absolute Gasteiger partial charge is 0.349 e. The quantitative estimate of drug-likeness (QED) is 0.848. The third-order valence-corrected chi connectivity index (χ3v) is 3.32. The monoisotopic (exact) mass is 293 g/mol. The molecule has 6 nitrogen and oxygen atoms in total. The number of hydrogen-bond acceptors (Lipinski definition) is 6. The van der Waals surface area contributed by atoms with Gasteiger partial charge in [-0.05, 0) is 12.1 Å². The minimum atomic E-state index is -0.957. The van der Waals surface area contributed by atoms with Crippen molar-refractivity contribution in [2.45, 2.75) is 25.7 Å². The zero-order valence-electron chi connectivity index (χ0n) is 12.2. The SMILES string of the molecule is CC1(C)OC(=O)c2c(OCC3COCCN3)cccc2O1. The number of carbonyl (C=O) groups is 1. The molecular formula is C15H19NO5. The molecule has 1 atom stereocenters. The first kappa shape index (κ1) is 14.2. The highest BCUT2D eigenvalue weighted by Crippen LogP contribution is 2.36. The Kier molecular flexibility index (Phi) is 3.73. The van der Waals surface area contributed by atoms with Crippen LogP contribution in [0.2, 0.25) is 0 Å². The summed E-state index contributed by atoms with van der Waals surface area (Å²) in [7, 11) is 0. The molecule has 6 heteroatoms. The fourth-order valence-electron chi connectivity index (χ4n) is 2.39. The Morgan fingerprint density at radius 1 is 1.38 bits per heavy atom. The van der Waals surface area contributed by atoms with Crippen molar-refractivity contribution in [1.29, 1.82) is 0 Å². The predicted octanol–water partition coefficient (Wildman–Crippen LogP) is 1.34. The van der Waals surface area contributed by atoms with E-state index in [4.69, 9.17) is 18.9 Å². The van der Waals surface area contributed by atoms with E-state index in [1.807, 2.05) is 0 Å². The van der Waals surface area contributed by atoms with Crippen molar-refractivity contribution < 1.29 is 23.7 Å². The van der Waals surface area contributed by atoms with Gasteiger partial charge in [0.1, 0.15) is 23.7 Å². The van der Waals surface area contributed by atoms with E-state index < -0.39 is 11.8 Å². The van der Waals surface area contributed by atoms with E-state index >= 15 is 0 Å².